The number of nitrogens with two attached hydrogens (primary N) is 1. The van der Waals surface area contributed by atoms with Crippen LogP contribution < -0.4 is 5.73 Å². The predicted molar refractivity (Wildman–Crippen MR) is 109 cm³/mol. The van der Waals surface area contributed by atoms with Gasteiger partial charge in [-0.25, -0.2) is 22.2 Å². The number of fused-ring (bicyclic) bond motifs is 1. The number of sulfone groups is 1. The zero-order valence-electron chi connectivity index (χ0n) is 15.6. The number of hydrogen-bond acceptors (Lipinski definition) is 5. The van der Waals surface area contributed by atoms with E-state index in [0.29, 0.717) is 22.2 Å². The molecule has 0 atom stereocenters. The molecule has 0 bridgehead atoms. The van der Waals surface area contributed by atoms with Gasteiger partial charge in [0.05, 0.1) is 16.1 Å². The lowest BCUT2D eigenvalue weighted by molar-refractivity contribution is 0.103. The van der Waals surface area contributed by atoms with Gasteiger partial charge in [-0.3, -0.25) is 4.79 Å². The van der Waals surface area contributed by atoms with E-state index in [0.717, 1.165) is 18.4 Å². The van der Waals surface area contributed by atoms with Crippen LogP contribution in [-0.2, 0) is 9.84 Å². The SMILES string of the molecule is CS(=O)(=O)c1cccc(-c2cnc3[nH]cc(C(=O)c4c(F)ccc(N)c4F)c3c2)c1. The van der Waals surface area contributed by atoms with Gasteiger partial charge in [-0.05, 0) is 35.9 Å². The minimum Gasteiger partial charge on any atom is -0.396 e. The minimum absolute atomic E-state index is 0.0158. The van der Waals surface area contributed by atoms with E-state index in [1.54, 1.807) is 18.2 Å². The Kier molecular flexibility index (Phi) is 4.62. The summed E-state index contributed by atoms with van der Waals surface area (Å²) in [5.41, 5.74) is 5.85. The highest BCUT2D eigenvalue weighted by Gasteiger charge is 2.24. The molecule has 0 spiro atoms. The van der Waals surface area contributed by atoms with Crippen LogP contribution in [-0.4, -0.2) is 30.4 Å². The maximum atomic E-state index is 14.3. The third-order valence-corrected chi connectivity index (χ3v) is 5.83. The number of hydrogen-bond donors (Lipinski definition) is 2. The number of anilines is 1. The molecule has 3 N–H and O–H groups in total. The summed E-state index contributed by atoms with van der Waals surface area (Å²) in [4.78, 5) is 20.1. The molecule has 9 heteroatoms. The van der Waals surface area contributed by atoms with Gasteiger partial charge in [-0.2, -0.15) is 0 Å². The summed E-state index contributed by atoms with van der Waals surface area (Å²) in [5.74, 6) is -3.03. The van der Waals surface area contributed by atoms with Crippen molar-refractivity contribution in [2.24, 2.45) is 0 Å². The van der Waals surface area contributed by atoms with Crippen LogP contribution in [0.15, 0.2) is 59.8 Å². The predicted octanol–water partition coefficient (Wildman–Crippen LogP) is 3.72. The first-order chi connectivity index (χ1) is 14.2. The Hall–Kier alpha value is -3.59. The molecule has 4 rings (SSSR count). The molecule has 0 aliphatic carbocycles. The van der Waals surface area contributed by atoms with Crippen molar-refractivity contribution >= 4 is 32.3 Å². The summed E-state index contributed by atoms with van der Waals surface area (Å²) in [6.45, 7) is 0. The number of carbonyl (C=O) groups is 1. The number of rotatable bonds is 4. The maximum Gasteiger partial charge on any atom is 0.201 e. The van der Waals surface area contributed by atoms with Crippen LogP contribution in [0.2, 0.25) is 0 Å². The van der Waals surface area contributed by atoms with Gasteiger partial charge >= 0.3 is 0 Å². The van der Waals surface area contributed by atoms with Gasteiger partial charge in [0.25, 0.3) is 0 Å². The highest BCUT2D eigenvalue weighted by molar-refractivity contribution is 7.90. The van der Waals surface area contributed by atoms with Gasteiger partial charge in [0, 0.05) is 35.2 Å². The largest absolute Gasteiger partial charge is 0.396 e. The second kappa shape index (κ2) is 7.03. The minimum atomic E-state index is -3.41. The normalized spacial score (nSPS) is 11.7. The molecule has 152 valence electrons. The third kappa shape index (κ3) is 3.33. The van der Waals surface area contributed by atoms with E-state index in [2.05, 4.69) is 9.97 Å². The molecule has 0 radical (unpaired) electrons. The number of nitrogens with one attached hydrogen (secondary N) is 1. The summed E-state index contributed by atoms with van der Waals surface area (Å²) >= 11 is 0. The highest BCUT2D eigenvalue weighted by Crippen LogP contribution is 2.29. The van der Waals surface area contributed by atoms with E-state index < -0.39 is 32.8 Å². The lowest BCUT2D eigenvalue weighted by Crippen LogP contribution is -2.09. The Morgan fingerprint density at radius 3 is 2.60 bits per heavy atom. The van der Waals surface area contributed by atoms with Gasteiger partial charge in [-0.15, -0.1) is 0 Å². The van der Waals surface area contributed by atoms with Crippen molar-refractivity contribution in [1.82, 2.24) is 9.97 Å². The first kappa shape index (κ1) is 19.7. The highest BCUT2D eigenvalue weighted by atomic mass is 32.2. The Morgan fingerprint density at radius 2 is 1.87 bits per heavy atom. The molecule has 6 nitrogen and oxygen atoms in total. The molecule has 0 amide bonds. The molecule has 0 unspecified atom stereocenters. The molecule has 0 aliphatic heterocycles. The van der Waals surface area contributed by atoms with Crippen molar-refractivity contribution in [2.75, 3.05) is 12.0 Å². The van der Waals surface area contributed by atoms with Gasteiger partial charge in [-0.1, -0.05) is 12.1 Å². The number of carbonyl (C=O) groups excluding carboxylic acids is 1. The first-order valence-corrected chi connectivity index (χ1v) is 10.6. The Bertz CT molecular complexity index is 1430. The average Bonchev–Trinajstić information content (AvgIpc) is 3.13. The summed E-state index contributed by atoms with van der Waals surface area (Å²) in [7, 11) is -3.41. The van der Waals surface area contributed by atoms with Gasteiger partial charge in [0.1, 0.15) is 11.5 Å². The van der Waals surface area contributed by atoms with Crippen molar-refractivity contribution in [3.8, 4) is 11.1 Å². The van der Waals surface area contributed by atoms with E-state index in [4.69, 9.17) is 5.73 Å². The quantitative estimate of drug-likeness (QED) is 0.381. The van der Waals surface area contributed by atoms with Gasteiger partial charge < -0.3 is 10.7 Å². The summed E-state index contributed by atoms with van der Waals surface area (Å²) < 4.78 is 52.2. The molecule has 2 aromatic carbocycles. The molecular weight excluding hydrogens is 412 g/mol. The summed E-state index contributed by atoms with van der Waals surface area (Å²) in [6.07, 6.45) is 3.93. The maximum absolute atomic E-state index is 14.3. The lowest BCUT2D eigenvalue weighted by atomic mass is 10.00. The molecule has 0 saturated heterocycles. The van der Waals surface area contributed by atoms with E-state index in [9.17, 15) is 22.0 Å². The standard InChI is InChI=1S/C21H15F2N3O3S/c1-30(28,29)13-4-2-3-11(7-13)12-8-14-15(10-26-21(14)25-9-12)20(27)18-16(22)5-6-17(24)19(18)23/h2-10H,24H2,1H3,(H,25,26). The number of H-pyrrole nitrogens is 1. The van der Waals surface area contributed by atoms with Crippen LogP contribution >= 0.6 is 0 Å². The zero-order chi connectivity index (χ0) is 21.6. The number of nitrogen functional groups attached to an aromatic ring is 1. The summed E-state index contributed by atoms with van der Waals surface area (Å²) in [5, 5.41) is 0.337. The smallest absolute Gasteiger partial charge is 0.201 e. The topological polar surface area (TPSA) is 106 Å². The first-order valence-electron chi connectivity index (χ1n) is 8.72. The van der Waals surface area contributed by atoms with Crippen LogP contribution in [0.3, 0.4) is 0 Å². The lowest BCUT2D eigenvalue weighted by Gasteiger charge is -2.07. The molecule has 0 saturated carbocycles. The van der Waals surface area contributed by atoms with E-state index in [1.807, 2.05) is 0 Å². The molecular formula is C21H15F2N3O3S. The van der Waals surface area contributed by atoms with Crippen molar-refractivity contribution in [3.63, 3.8) is 0 Å². The number of aromatic nitrogens is 2. The van der Waals surface area contributed by atoms with Gasteiger partial charge in [0.2, 0.25) is 5.78 Å². The number of pyridine rings is 1. The van der Waals surface area contributed by atoms with Crippen molar-refractivity contribution < 1.29 is 22.0 Å². The third-order valence-electron chi connectivity index (χ3n) is 4.72. The number of halogens is 2. The molecule has 2 heterocycles. The second-order valence-corrected chi connectivity index (χ2v) is 8.79. The molecule has 2 aromatic heterocycles. The second-order valence-electron chi connectivity index (χ2n) is 6.78. The number of aromatic amines is 1. The Labute approximate surface area is 170 Å². The number of benzene rings is 2. The fourth-order valence-electron chi connectivity index (χ4n) is 3.17. The van der Waals surface area contributed by atoms with Crippen LogP contribution in [0.25, 0.3) is 22.2 Å². The van der Waals surface area contributed by atoms with Crippen molar-refractivity contribution in [3.05, 3.63) is 77.6 Å². The average molecular weight is 427 g/mol. The Morgan fingerprint density at radius 1 is 1.10 bits per heavy atom. The van der Waals surface area contributed by atoms with Gasteiger partial charge in [0.15, 0.2) is 15.7 Å². The van der Waals surface area contributed by atoms with E-state index in [1.165, 1.54) is 24.5 Å². The molecule has 0 fully saturated rings. The number of nitrogens with zero attached hydrogens (tertiary/aromatic N) is 1. The van der Waals surface area contributed by atoms with Crippen molar-refractivity contribution in [1.29, 1.82) is 0 Å². The fourth-order valence-corrected chi connectivity index (χ4v) is 3.83. The monoisotopic (exact) mass is 427 g/mol. The van der Waals surface area contributed by atoms with Crippen LogP contribution in [0.5, 0.6) is 0 Å². The summed E-state index contributed by atoms with van der Waals surface area (Å²) in [6, 6.07) is 9.84. The fraction of sp³-hybridized carbons (Fsp3) is 0.0476. The van der Waals surface area contributed by atoms with Crippen molar-refractivity contribution in [2.45, 2.75) is 4.90 Å². The van der Waals surface area contributed by atoms with Crippen LogP contribution in [0.1, 0.15) is 15.9 Å². The number of ketones is 1. The zero-order valence-corrected chi connectivity index (χ0v) is 16.4. The molecule has 0 aliphatic rings. The molecule has 30 heavy (non-hydrogen) atoms. The van der Waals surface area contributed by atoms with Crippen LogP contribution in [0, 0.1) is 11.6 Å². The van der Waals surface area contributed by atoms with Crippen LogP contribution in [0.4, 0.5) is 14.5 Å². The molecule has 4 aromatic rings. The Balaban J connectivity index is 1.86. The van der Waals surface area contributed by atoms with E-state index >= 15 is 0 Å². The van der Waals surface area contributed by atoms with E-state index in [-0.39, 0.29) is 16.1 Å².